The highest BCUT2D eigenvalue weighted by atomic mass is 32.2. The van der Waals surface area contributed by atoms with Crippen molar-refractivity contribution in [1.29, 1.82) is 0 Å². The third kappa shape index (κ3) is 3.06. The quantitative estimate of drug-likeness (QED) is 0.871. The second kappa shape index (κ2) is 5.87. The first-order valence-corrected chi connectivity index (χ1v) is 8.18. The molecule has 1 aromatic rings. The van der Waals surface area contributed by atoms with Crippen LogP contribution in [0.2, 0.25) is 0 Å². The Labute approximate surface area is 118 Å². The summed E-state index contributed by atoms with van der Waals surface area (Å²) in [6.45, 7) is 0.753. The molecule has 2 atom stereocenters. The number of hydrogen-bond acceptors (Lipinski definition) is 3. The van der Waals surface area contributed by atoms with Crippen LogP contribution in [0.3, 0.4) is 0 Å². The Morgan fingerprint density at radius 1 is 1.37 bits per heavy atom. The number of nitrogens with one attached hydrogen (secondary N) is 2. The van der Waals surface area contributed by atoms with Crippen LogP contribution in [-0.2, 0) is 11.2 Å². The molecule has 0 aliphatic carbocycles. The van der Waals surface area contributed by atoms with Gasteiger partial charge in [-0.05, 0) is 36.6 Å². The molecule has 2 aliphatic heterocycles. The van der Waals surface area contributed by atoms with Crippen LogP contribution >= 0.6 is 11.8 Å². The van der Waals surface area contributed by atoms with E-state index in [0.29, 0.717) is 6.04 Å². The smallest absolute Gasteiger partial charge is 0.225 e. The van der Waals surface area contributed by atoms with Crippen LogP contribution in [0, 0.1) is 5.92 Å². The van der Waals surface area contributed by atoms with E-state index in [1.165, 1.54) is 23.4 Å². The lowest BCUT2D eigenvalue weighted by Gasteiger charge is -2.28. The molecule has 102 valence electrons. The zero-order valence-electron chi connectivity index (χ0n) is 11.0. The van der Waals surface area contributed by atoms with E-state index in [0.717, 1.165) is 25.1 Å². The topological polar surface area (TPSA) is 41.1 Å². The highest BCUT2D eigenvalue weighted by molar-refractivity contribution is 7.99. The molecule has 1 saturated heterocycles. The number of thioether (sulfide) groups is 1. The van der Waals surface area contributed by atoms with E-state index in [1.807, 2.05) is 23.9 Å². The van der Waals surface area contributed by atoms with Gasteiger partial charge in [0.1, 0.15) is 0 Å². The Kier molecular flexibility index (Phi) is 3.97. The molecule has 0 radical (unpaired) electrons. The van der Waals surface area contributed by atoms with Gasteiger partial charge < -0.3 is 10.6 Å². The molecule has 1 fully saturated rings. The van der Waals surface area contributed by atoms with Crippen LogP contribution in [-0.4, -0.2) is 30.0 Å². The van der Waals surface area contributed by atoms with Crippen molar-refractivity contribution in [3.63, 3.8) is 0 Å². The van der Waals surface area contributed by atoms with Gasteiger partial charge in [0.05, 0.1) is 5.92 Å². The van der Waals surface area contributed by atoms with Gasteiger partial charge in [0, 0.05) is 24.0 Å². The first kappa shape index (κ1) is 12.9. The number of hydrogen-bond donors (Lipinski definition) is 2. The predicted molar refractivity (Wildman–Crippen MR) is 80.6 cm³/mol. The maximum Gasteiger partial charge on any atom is 0.225 e. The SMILES string of the molecule is O=C(NC1CCCSC1)C1CNc2ccccc2C1. The minimum Gasteiger partial charge on any atom is -0.384 e. The zero-order valence-corrected chi connectivity index (χ0v) is 11.8. The second-order valence-electron chi connectivity index (χ2n) is 5.36. The van der Waals surface area contributed by atoms with E-state index in [9.17, 15) is 4.79 Å². The molecule has 3 nitrogen and oxygen atoms in total. The Hall–Kier alpha value is -1.16. The van der Waals surface area contributed by atoms with Crippen molar-refractivity contribution < 1.29 is 4.79 Å². The molecule has 2 N–H and O–H groups in total. The van der Waals surface area contributed by atoms with Crippen LogP contribution < -0.4 is 10.6 Å². The Morgan fingerprint density at radius 3 is 3.11 bits per heavy atom. The summed E-state index contributed by atoms with van der Waals surface area (Å²) in [5.41, 5.74) is 2.44. The van der Waals surface area contributed by atoms with Gasteiger partial charge in [-0.15, -0.1) is 0 Å². The maximum absolute atomic E-state index is 12.3. The highest BCUT2D eigenvalue weighted by Gasteiger charge is 2.26. The van der Waals surface area contributed by atoms with Crippen molar-refractivity contribution in [1.82, 2.24) is 5.32 Å². The van der Waals surface area contributed by atoms with E-state index in [-0.39, 0.29) is 11.8 Å². The Bertz CT molecular complexity index is 457. The van der Waals surface area contributed by atoms with Crippen molar-refractivity contribution in [2.75, 3.05) is 23.4 Å². The summed E-state index contributed by atoms with van der Waals surface area (Å²) in [5.74, 6) is 2.60. The number of anilines is 1. The number of fused-ring (bicyclic) bond motifs is 1. The molecule has 1 amide bonds. The Balaban J connectivity index is 1.59. The van der Waals surface area contributed by atoms with Gasteiger partial charge in [-0.2, -0.15) is 11.8 Å². The van der Waals surface area contributed by atoms with Gasteiger partial charge in [-0.1, -0.05) is 18.2 Å². The van der Waals surface area contributed by atoms with E-state index in [2.05, 4.69) is 22.8 Å². The van der Waals surface area contributed by atoms with E-state index < -0.39 is 0 Å². The number of para-hydroxylation sites is 1. The first-order valence-electron chi connectivity index (χ1n) is 7.03. The lowest BCUT2D eigenvalue weighted by molar-refractivity contribution is -0.125. The number of rotatable bonds is 2. The fourth-order valence-electron chi connectivity index (χ4n) is 2.80. The van der Waals surface area contributed by atoms with Crippen LogP contribution in [0.15, 0.2) is 24.3 Å². The van der Waals surface area contributed by atoms with E-state index in [4.69, 9.17) is 0 Å². The summed E-state index contributed by atoms with van der Waals surface area (Å²) in [5, 5.41) is 6.58. The minimum atomic E-state index is 0.0711. The minimum absolute atomic E-state index is 0.0711. The molecule has 0 aromatic heterocycles. The third-order valence-electron chi connectivity index (χ3n) is 3.90. The van der Waals surface area contributed by atoms with Gasteiger partial charge >= 0.3 is 0 Å². The molecule has 3 rings (SSSR count). The first-order chi connectivity index (χ1) is 9.33. The predicted octanol–water partition coefficient (Wildman–Crippen LogP) is 2.28. The Morgan fingerprint density at radius 2 is 2.26 bits per heavy atom. The fraction of sp³-hybridized carbons (Fsp3) is 0.533. The monoisotopic (exact) mass is 276 g/mol. The van der Waals surface area contributed by atoms with Crippen LogP contribution in [0.5, 0.6) is 0 Å². The molecular weight excluding hydrogens is 256 g/mol. The molecule has 2 heterocycles. The number of carbonyl (C=O) groups excluding carboxylic acids is 1. The largest absolute Gasteiger partial charge is 0.384 e. The van der Waals surface area contributed by atoms with Crippen LogP contribution in [0.1, 0.15) is 18.4 Å². The van der Waals surface area contributed by atoms with Gasteiger partial charge in [-0.3, -0.25) is 4.79 Å². The molecule has 2 unspecified atom stereocenters. The lowest BCUT2D eigenvalue weighted by atomic mass is 9.93. The summed E-state index contributed by atoms with van der Waals surface area (Å²) >= 11 is 1.95. The number of carbonyl (C=O) groups is 1. The third-order valence-corrected chi connectivity index (χ3v) is 5.12. The standard InChI is InChI=1S/C15H20N2OS/c18-15(17-13-5-3-7-19-10-13)12-8-11-4-1-2-6-14(11)16-9-12/h1-2,4,6,12-13,16H,3,5,7-10H2,(H,17,18). The average molecular weight is 276 g/mol. The molecule has 2 aliphatic rings. The van der Waals surface area contributed by atoms with Gasteiger partial charge in [0.25, 0.3) is 0 Å². The molecule has 4 heteroatoms. The van der Waals surface area contributed by atoms with E-state index >= 15 is 0 Å². The molecule has 0 spiro atoms. The van der Waals surface area contributed by atoms with E-state index in [1.54, 1.807) is 0 Å². The van der Waals surface area contributed by atoms with Crippen LogP contribution in [0.4, 0.5) is 5.69 Å². The summed E-state index contributed by atoms with van der Waals surface area (Å²) in [6, 6.07) is 8.65. The number of amides is 1. The molecule has 0 saturated carbocycles. The normalized spacial score (nSPS) is 26.1. The summed E-state index contributed by atoms with van der Waals surface area (Å²) in [6.07, 6.45) is 3.21. The summed E-state index contributed by atoms with van der Waals surface area (Å²) in [7, 11) is 0. The van der Waals surface area contributed by atoms with Crippen molar-refractivity contribution >= 4 is 23.4 Å². The van der Waals surface area contributed by atoms with Gasteiger partial charge in [0.15, 0.2) is 0 Å². The summed E-state index contributed by atoms with van der Waals surface area (Å²) < 4.78 is 0. The molecular formula is C15H20N2OS. The van der Waals surface area contributed by atoms with Crippen molar-refractivity contribution in [2.24, 2.45) is 5.92 Å². The van der Waals surface area contributed by atoms with Gasteiger partial charge in [-0.25, -0.2) is 0 Å². The zero-order chi connectivity index (χ0) is 13.1. The molecule has 0 bridgehead atoms. The van der Waals surface area contributed by atoms with Gasteiger partial charge in [0.2, 0.25) is 5.91 Å². The second-order valence-corrected chi connectivity index (χ2v) is 6.51. The summed E-state index contributed by atoms with van der Waals surface area (Å²) in [4.78, 5) is 12.3. The average Bonchev–Trinajstić information content (AvgIpc) is 2.48. The van der Waals surface area contributed by atoms with Crippen molar-refractivity contribution in [3.8, 4) is 0 Å². The molecule has 19 heavy (non-hydrogen) atoms. The molecule has 1 aromatic carbocycles. The maximum atomic E-state index is 12.3. The van der Waals surface area contributed by atoms with Crippen molar-refractivity contribution in [2.45, 2.75) is 25.3 Å². The number of benzene rings is 1. The van der Waals surface area contributed by atoms with Crippen molar-refractivity contribution in [3.05, 3.63) is 29.8 Å². The highest BCUT2D eigenvalue weighted by Crippen LogP contribution is 2.25. The lowest BCUT2D eigenvalue weighted by Crippen LogP contribution is -2.45. The fourth-order valence-corrected chi connectivity index (χ4v) is 3.87. The van der Waals surface area contributed by atoms with Crippen LogP contribution in [0.25, 0.3) is 0 Å².